The summed E-state index contributed by atoms with van der Waals surface area (Å²) in [7, 11) is 0. The molecular weight excluding hydrogens is 188 g/mol. The van der Waals surface area contributed by atoms with Crippen LogP contribution in [0.4, 0.5) is 0 Å². The molecule has 0 radical (unpaired) electrons. The van der Waals surface area contributed by atoms with Crippen LogP contribution in [0.25, 0.3) is 0 Å². The maximum Gasteiger partial charge on any atom is 0.119 e. The maximum absolute atomic E-state index is 5.55. The third-order valence-electron chi connectivity index (χ3n) is 2.20. The molecule has 0 amide bonds. The van der Waals surface area contributed by atoms with E-state index in [0.717, 1.165) is 25.3 Å². The summed E-state index contributed by atoms with van der Waals surface area (Å²) in [6, 6.07) is 8.23. The van der Waals surface area contributed by atoms with Gasteiger partial charge in [-0.3, -0.25) is 0 Å². The van der Waals surface area contributed by atoms with E-state index >= 15 is 0 Å². The first-order chi connectivity index (χ1) is 7.36. The predicted molar refractivity (Wildman–Crippen MR) is 63.2 cm³/mol. The zero-order valence-corrected chi connectivity index (χ0v) is 9.33. The highest BCUT2D eigenvalue weighted by atomic mass is 16.5. The Morgan fingerprint density at radius 3 is 2.53 bits per heavy atom. The van der Waals surface area contributed by atoms with Gasteiger partial charge in [-0.2, -0.15) is 0 Å². The van der Waals surface area contributed by atoms with Crippen molar-refractivity contribution in [1.82, 2.24) is 5.32 Å². The first-order valence-electron chi connectivity index (χ1n) is 5.49. The van der Waals surface area contributed by atoms with E-state index in [2.05, 4.69) is 24.4 Å². The van der Waals surface area contributed by atoms with Crippen LogP contribution in [0.5, 0.6) is 5.75 Å². The Hall–Kier alpha value is -1.06. The van der Waals surface area contributed by atoms with Crippen molar-refractivity contribution < 1.29 is 4.74 Å². The lowest BCUT2D eigenvalue weighted by Crippen LogP contribution is -2.26. The van der Waals surface area contributed by atoms with Crippen molar-refractivity contribution in [3.8, 4) is 5.75 Å². The van der Waals surface area contributed by atoms with Crippen molar-refractivity contribution in [2.24, 2.45) is 5.73 Å². The lowest BCUT2D eigenvalue weighted by Gasteiger charge is -2.07. The van der Waals surface area contributed by atoms with E-state index < -0.39 is 0 Å². The van der Waals surface area contributed by atoms with Crippen LogP contribution in [-0.2, 0) is 6.42 Å². The zero-order chi connectivity index (χ0) is 10.9. The van der Waals surface area contributed by atoms with Crippen molar-refractivity contribution in [3.05, 3.63) is 29.8 Å². The molecule has 3 N–H and O–H groups in total. The zero-order valence-electron chi connectivity index (χ0n) is 9.33. The average Bonchev–Trinajstić information content (AvgIpc) is 2.30. The van der Waals surface area contributed by atoms with Crippen molar-refractivity contribution in [2.75, 3.05) is 26.2 Å². The van der Waals surface area contributed by atoms with Gasteiger partial charge in [0.15, 0.2) is 0 Å². The molecule has 3 heteroatoms. The van der Waals surface area contributed by atoms with Gasteiger partial charge in [0.1, 0.15) is 12.4 Å². The molecule has 1 aromatic carbocycles. The van der Waals surface area contributed by atoms with Crippen LogP contribution in [0.15, 0.2) is 24.3 Å². The van der Waals surface area contributed by atoms with E-state index in [9.17, 15) is 0 Å². The Bertz CT molecular complexity index is 259. The summed E-state index contributed by atoms with van der Waals surface area (Å²) in [6.45, 7) is 5.19. The normalized spacial score (nSPS) is 10.3. The Morgan fingerprint density at radius 1 is 1.20 bits per heavy atom. The Labute approximate surface area is 91.6 Å². The summed E-state index contributed by atoms with van der Waals surface area (Å²) in [6.07, 6.45) is 1.07. The highest BCUT2D eigenvalue weighted by Crippen LogP contribution is 2.11. The predicted octanol–water partition coefficient (Wildman–Crippen LogP) is 1.18. The summed E-state index contributed by atoms with van der Waals surface area (Å²) in [5.41, 5.74) is 6.69. The Balaban J connectivity index is 2.20. The lowest BCUT2D eigenvalue weighted by molar-refractivity contribution is 0.315. The minimum absolute atomic E-state index is 0.672. The summed E-state index contributed by atoms with van der Waals surface area (Å²) >= 11 is 0. The molecule has 84 valence electrons. The van der Waals surface area contributed by atoms with Gasteiger partial charge in [0.2, 0.25) is 0 Å². The van der Waals surface area contributed by atoms with Gasteiger partial charge >= 0.3 is 0 Å². The fourth-order valence-corrected chi connectivity index (χ4v) is 1.29. The summed E-state index contributed by atoms with van der Waals surface area (Å²) in [5, 5.41) is 3.18. The number of rotatable bonds is 7. The van der Waals surface area contributed by atoms with Crippen LogP contribution in [-0.4, -0.2) is 26.2 Å². The molecule has 1 aromatic rings. The van der Waals surface area contributed by atoms with Gasteiger partial charge in [0, 0.05) is 19.6 Å². The largest absolute Gasteiger partial charge is 0.492 e. The molecule has 0 saturated heterocycles. The smallest absolute Gasteiger partial charge is 0.119 e. The van der Waals surface area contributed by atoms with Gasteiger partial charge in [-0.1, -0.05) is 19.1 Å². The molecule has 0 aromatic heterocycles. The topological polar surface area (TPSA) is 47.3 Å². The van der Waals surface area contributed by atoms with Gasteiger partial charge in [-0.25, -0.2) is 0 Å². The molecule has 0 aliphatic heterocycles. The number of nitrogens with two attached hydrogens (primary N) is 1. The van der Waals surface area contributed by atoms with Gasteiger partial charge in [0.05, 0.1) is 0 Å². The van der Waals surface area contributed by atoms with Crippen LogP contribution < -0.4 is 15.8 Å². The van der Waals surface area contributed by atoms with Crippen LogP contribution in [0, 0.1) is 0 Å². The molecule has 0 unspecified atom stereocenters. The molecule has 3 nitrogen and oxygen atoms in total. The van der Waals surface area contributed by atoms with Gasteiger partial charge in [-0.15, -0.1) is 0 Å². The standard InChI is InChI=1S/C12H20N2O/c1-2-11-3-5-12(6-4-11)15-10-9-14-8-7-13/h3-6,14H,2,7-10,13H2,1H3. The highest BCUT2D eigenvalue weighted by molar-refractivity contribution is 5.27. The third kappa shape index (κ3) is 4.81. The number of hydrogen-bond acceptors (Lipinski definition) is 3. The SMILES string of the molecule is CCc1ccc(OCCNCCN)cc1. The van der Waals surface area contributed by atoms with Gasteiger partial charge in [-0.05, 0) is 24.1 Å². The van der Waals surface area contributed by atoms with Crippen molar-refractivity contribution in [3.63, 3.8) is 0 Å². The molecule has 0 heterocycles. The molecule has 0 fully saturated rings. The molecule has 0 atom stereocenters. The molecule has 0 spiro atoms. The molecule has 0 saturated carbocycles. The average molecular weight is 208 g/mol. The molecule has 1 rings (SSSR count). The second kappa shape index (κ2) is 7.26. The van der Waals surface area contributed by atoms with Crippen LogP contribution in [0.3, 0.4) is 0 Å². The van der Waals surface area contributed by atoms with E-state index in [4.69, 9.17) is 10.5 Å². The summed E-state index contributed by atoms with van der Waals surface area (Å²) in [4.78, 5) is 0. The second-order valence-corrected chi connectivity index (χ2v) is 3.38. The van der Waals surface area contributed by atoms with Crippen molar-refractivity contribution in [1.29, 1.82) is 0 Å². The van der Waals surface area contributed by atoms with E-state index in [0.29, 0.717) is 13.2 Å². The summed E-state index contributed by atoms with van der Waals surface area (Å²) < 4.78 is 5.55. The first-order valence-corrected chi connectivity index (χ1v) is 5.49. The van der Waals surface area contributed by atoms with E-state index in [1.54, 1.807) is 0 Å². The third-order valence-corrected chi connectivity index (χ3v) is 2.20. The van der Waals surface area contributed by atoms with Crippen molar-refractivity contribution in [2.45, 2.75) is 13.3 Å². The molecular formula is C12H20N2O. The second-order valence-electron chi connectivity index (χ2n) is 3.38. The minimum atomic E-state index is 0.672. The van der Waals surface area contributed by atoms with Crippen LogP contribution in [0.2, 0.25) is 0 Å². The number of hydrogen-bond donors (Lipinski definition) is 2. The minimum Gasteiger partial charge on any atom is -0.492 e. The van der Waals surface area contributed by atoms with Gasteiger partial charge in [0.25, 0.3) is 0 Å². The highest BCUT2D eigenvalue weighted by Gasteiger charge is 1.93. The lowest BCUT2D eigenvalue weighted by atomic mass is 10.2. The van der Waals surface area contributed by atoms with E-state index in [1.165, 1.54) is 5.56 Å². The van der Waals surface area contributed by atoms with E-state index in [-0.39, 0.29) is 0 Å². The number of ether oxygens (including phenoxy) is 1. The van der Waals surface area contributed by atoms with Crippen molar-refractivity contribution >= 4 is 0 Å². The number of nitrogens with one attached hydrogen (secondary N) is 1. The van der Waals surface area contributed by atoms with Crippen LogP contribution >= 0.6 is 0 Å². The number of aryl methyl sites for hydroxylation is 1. The van der Waals surface area contributed by atoms with Gasteiger partial charge < -0.3 is 15.8 Å². The maximum atomic E-state index is 5.55. The molecule has 0 bridgehead atoms. The molecule has 0 aliphatic carbocycles. The van der Waals surface area contributed by atoms with E-state index in [1.807, 2.05) is 12.1 Å². The Kier molecular flexibility index (Phi) is 5.81. The quantitative estimate of drug-likeness (QED) is 0.661. The molecule has 15 heavy (non-hydrogen) atoms. The Morgan fingerprint density at radius 2 is 1.93 bits per heavy atom. The first kappa shape index (κ1) is 12.0. The van der Waals surface area contributed by atoms with Crippen LogP contribution in [0.1, 0.15) is 12.5 Å². The fourth-order valence-electron chi connectivity index (χ4n) is 1.29. The fraction of sp³-hybridized carbons (Fsp3) is 0.500. The number of benzene rings is 1. The summed E-state index contributed by atoms with van der Waals surface area (Å²) in [5.74, 6) is 0.932. The molecule has 0 aliphatic rings. The monoisotopic (exact) mass is 208 g/mol.